The van der Waals surface area contributed by atoms with Gasteiger partial charge in [0.05, 0.1) is 10.9 Å². The zero-order valence-electron chi connectivity index (χ0n) is 13.2. The Morgan fingerprint density at radius 3 is 2.04 bits per heavy atom. The lowest BCUT2D eigenvalue weighted by Gasteiger charge is -2.36. The van der Waals surface area contributed by atoms with Crippen LogP contribution in [0.1, 0.15) is 24.2 Å². The average molecular weight is 339 g/mol. The van der Waals surface area contributed by atoms with Crippen LogP contribution in [-0.4, -0.2) is 61.5 Å². The minimum Gasteiger partial charge on any atom is -0.368 e. The maximum Gasteiger partial charge on any atom is 0.243 e. The van der Waals surface area contributed by atoms with Crippen molar-refractivity contribution in [3.05, 3.63) is 29.8 Å². The molecule has 7 nitrogen and oxygen atoms in total. The van der Waals surface area contributed by atoms with Gasteiger partial charge in [-0.1, -0.05) is 12.1 Å². The number of carbonyl (C=O) groups is 2. The fraction of sp³-hybridized carbons (Fsp3) is 0.467. The van der Waals surface area contributed by atoms with Crippen LogP contribution in [0.25, 0.3) is 0 Å². The number of amides is 1. The molecule has 0 aliphatic carbocycles. The Morgan fingerprint density at radius 2 is 1.61 bits per heavy atom. The summed E-state index contributed by atoms with van der Waals surface area (Å²) < 4.78 is 26.6. The van der Waals surface area contributed by atoms with Crippen LogP contribution in [0.2, 0.25) is 0 Å². The maximum absolute atomic E-state index is 12.6. The molecule has 1 heterocycles. The smallest absolute Gasteiger partial charge is 0.243 e. The summed E-state index contributed by atoms with van der Waals surface area (Å²) in [4.78, 5) is 24.5. The fourth-order valence-corrected chi connectivity index (χ4v) is 3.94. The van der Waals surface area contributed by atoms with Crippen LogP contribution in [0.4, 0.5) is 0 Å². The first kappa shape index (κ1) is 17.6. The van der Waals surface area contributed by atoms with Crippen molar-refractivity contribution < 1.29 is 18.0 Å². The van der Waals surface area contributed by atoms with E-state index in [4.69, 9.17) is 5.73 Å². The summed E-state index contributed by atoms with van der Waals surface area (Å²) in [5, 5.41) is 0. The molecule has 1 aromatic carbocycles. The molecule has 1 unspecified atom stereocenters. The van der Waals surface area contributed by atoms with E-state index in [1.165, 1.54) is 35.5 Å². The Bertz CT molecular complexity index is 692. The summed E-state index contributed by atoms with van der Waals surface area (Å²) in [6.45, 7) is 4.65. The second-order valence-corrected chi connectivity index (χ2v) is 7.54. The van der Waals surface area contributed by atoms with Gasteiger partial charge in [0.25, 0.3) is 0 Å². The quantitative estimate of drug-likeness (QED) is 0.765. The summed E-state index contributed by atoms with van der Waals surface area (Å²) in [7, 11) is -3.59. The third-order valence-electron chi connectivity index (χ3n) is 4.13. The van der Waals surface area contributed by atoms with Gasteiger partial charge in [-0.15, -0.1) is 0 Å². The third-order valence-corrected chi connectivity index (χ3v) is 6.04. The minimum absolute atomic E-state index is 0.108. The molecule has 1 aliphatic rings. The SMILES string of the molecule is CC(=O)c1ccc(S(=O)(=O)N2CCN(C(C)C(N)=O)CC2)cc1. The molecule has 0 radical (unpaired) electrons. The maximum atomic E-state index is 12.6. The molecule has 8 heteroatoms. The Morgan fingerprint density at radius 1 is 1.09 bits per heavy atom. The van der Waals surface area contributed by atoms with Gasteiger partial charge in [-0.05, 0) is 26.0 Å². The van der Waals surface area contributed by atoms with E-state index in [-0.39, 0.29) is 10.7 Å². The number of nitrogens with zero attached hydrogens (tertiary/aromatic N) is 2. The van der Waals surface area contributed by atoms with Crippen molar-refractivity contribution in [1.82, 2.24) is 9.21 Å². The van der Waals surface area contributed by atoms with Crippen LogP contribution >= 0.6 is 0 Å². The van der Waals surface area contributed by atoms with Crippen LogP contribution in [0.3, 0.4) is 0 Å². The lowest BCUT2D eigenvalue weighted by atomic mass is 10.2. The van der Waals surface area contributed by atoms with E-state index in [1.54, 1.807) is 6.92 Å². The lowest BCUT2D eigenvalue weighted by Crippen LogP contribution is -2.54. The van der Waals surface area contributed by atoms with E-state index in [2.05, 4.69) is 0 Å². The second-order valence-electron chi connectivity index (χ2n) is 5.60. The van der Waals surface area contributed by atoms with Gasteiger partial charge in [0.2, 0.25) is 15.9 Å². The summed E-state index contributed by atoms with van der Waals surface area (Å²) in [5.41, 5.74) is 5.75. The zero-order chi connectivity index (χ0) is 17.2. The summed E-state index contributed by atoms with van der Waals surface area (Å²) in [6.07, 6.45) is 0. The van der Waals surface area contributed by atoms with Crippen molar-refractivity contribution in [2.24, 2.45) is 5.73 Å². The van der Waals surface area contributed by atoms with Gasteiger partial charge in [0.15, 0.2) is 5.78 Å². The molecule has 1 amide bonds. The third kappa shape index (κ3) is 3.77. The number of ketones is 1. The van der Waals surface area contributed by atoms with Gasteiger partial charge in [-0.3, -0.25) is 14.5 Å². The van der Waals surface area contributed by atoms with Gasteiger partial charge in [-0.2, -0.15) is 4.31 Å². The number of sulfonamides is 1. The highest BCUT2D eigenvalue weighted by atomic mass is 32.2. The number of hydrogen-bond donors (Lipinski definition) is 1. The minimum atomic E-state index is -3.59. The lowest BCUT2D eigenvalue weighted by molar-refractivity contribution is -0.123. The van der Waals surface area contributed by atoms with Crippen molar-refractivity contribution in [2.45, 2.75) is 24.8 Å². The highest BCUT2D eigenvalue weighted by Gasteiger charge is 2.31. The molecule has 1 saturated heterocycles. The summed E-state index contributed by atoms with van der Waals surface area (Å²) >= 11 is 0. The number of piperazine rings is 1. The van der Waals surface area contributed by atoms with Crippen LogP contribution in [-0.2, 0) is 14.8 Å². The standard InChI is InChI=1S/C15H21N3O4S/c1-11(15(16)20)17-7-9-18(10-8-17)23(21,22)14-5-3-13(4-6-14)12(2)19/h3-6,11H,7-10H2,1-2H3,(H2,16,20). The molecule has 1 atom stereocenters. The highest BCUT2D eigenvalue weighted by Crippen LogP contribution is 2.19. The molecular weight excluding hydrogens is 318 g/mol. The first-order chi connectivity index (χ1) is 10.7. The van der Waals surface area contributed by atoms with Crippen molar-refractivity contribution in [2.75, 3.05) is 26.2 Å². The van der Waals surface area contributed by atoms with Crippen molar-refractivity contribution in [3.63, 3.8) is 0 Å². The largest absolute Gasteiger partial charge is 0.368 e. The number of hydrogen-bond acceptors (Lipinski definition) is 5. The van der Waals surface area contributed by atoms with Gasteiger partial charge < -0.3 is 5.73 Å². The van der Waals surface area contributed by atoms with Crippen molar-refractivity contribution in [1.29, 1.82) is 0 Å². The Hall–Kier alpha value is -1.77. The molecule has 0 saturated carbocycles. The van der Waals surface area contributed by atoms with Crippen LogP contribution in [0, 0.1) is 0 Å². The van der Waals surface area contributed by atoms with E-state index in [9.17, 15) is 18.0 Å². The number of rotatable bonds is 5. The second kappa shape index (κ2) is 6.77. The molecule has 2 rings (SSSR count). The molecule has 1 aliphatic heterocycles. The molecule has 0 bridgehead atoms. The van der Waals surface area contributed by atoms with E-state index >= 15 is 0 Å². The normalized spacial score (nSPS) is 18.5. The van der Waals surface area contributed by atoms with E-state index in [0.717, 1.165) is 0 Å². The van der Waals surface area contributed by atoms with Gasteiger partial charge >= 0.3 is 0 Å². The summed E-state index contributed by atoms with van der Waals surface area (Å²) in [6, 6.07) is 5.52. The Labute approximate surface area is 136 Å². The first-order valence-corrected chi connectivity index (χ1v) is 8.82. The molecule has 0 spiro atoms. The molecule has 1 aromatic rings. The number of primary amides is 1. The van der Waals surface area contributed by atoms with E-state index < -0.39 is 22.0 Å². The average Bonchev–Trinajstić information content (AvgIpc) is 2.54. The van der Waals surface area contributed by atoms with Gasteiger partial charge in [0, 0.05) is 31.7 Å². The number of benzene rings is 1. The molecule has 1 fully saturated rings. The molecule has 23 heavy (non-hydrogen) atoms. The predicted octanol–water partition coefficient (Wildman–Crippen LogP) is 0.0693. The van der Waals surface area contributed by atoms with E-state index in [0.29, 0.717) is 31.7 Å². The fourth-order valence-electron chi connectivity index (χ4n) is 2.52. The van der Waals surface area contributed by atoms with Gasteiger partial charge in [-0.25, -0.2) is 8.42 Å². The molecule has 0 aromatic heterocycles. The first-order valence-electron chi connectivity index (χ1n) is 7.38. The van der Waals surface area contributed by atoms with Crippen molar-refractivity contribution in [3.8, 4) is 0 Å². The van der Waals surface area contributed by atoms with Crippen LogP contribution in [0.5, 0.6) is 0 Å². The zero-order valence-corrected chi connectivity index (χ0v) is 14.0. The Kier molecular flexibility index (Phi) is 5.18. The molecule has 126 valence electrons. The van der Waals surface area contributed by atoms with Crippen LogP contribution in [0.15, 0.2) is 29.2 Å². The monoisotopic (exact) mass is 339 g/mol. The topological polar surface area (TPSA) is 101 Å². The number of carbonyl (C=O) groups excluding carboxylic acids is 2. The molecular formula is C15H21N3O4S. The van der Waals surface area contributed by atoms with Crippen LogP contribution < -0.4 is 5.73 Å². The molecule has 2 N–H and O–H groups in total. The highest BCUT2D eigenvalue weighted by molar-refractivity contribution is 7.89. The number of Topliss-reactive ketones (excluding diaryl/α,β-unsaturated/α-hetero) is 1. The van der Waals surface area contributed by atoms with Gasteiger partial charge in [0.1, 0.15) is 0 Å². The summed E-state index contributed by atoms with van der Waals surface area (Å²) in [5.74, 6) is -0.524. The van der Waals surface area contributed by atoms with E-state index in [1.807, 2.05) is 4.90 Å². The number of nitrogens with two attached hydrogens (primary N) is 1. The Balaban J connectivity index is 2.10. The predicted molar refractivity (Wildman–Crippen MR) is 85.4 cm³/mol. The van der Waals surface area contributed by atoms with Crippen molar-refractivity contribution >= 4 is 21.7 Å².